The number of rotatable bonds is 4. The highest BCUT2D eigenvalue weighted by Crippen LogP contribution is 2.39. The molecule has 0 spiro atoms. The predicted octanol–water partition coefficient (Wildman–Crippen LogP) is 2.89. The zero-order chi connectivity index (χ0) is 16.1. The average Bonchev–Trinajstić information content (AvgIpc) is 3.05. The van der Waals surface area contributed by atoms with E-state index in [0.29, 0.717) is 12.5 Å². The van der Waals surface area contributed by atoms with E-state index in [1.807, 2.05) is 12.1 Å². The molecule has 2 aliphatic heterocycles. The SMILES string of the molecule is CN=C(NCc1cc(Br)c2c(c1)OCO2)NCC1CCOCC1.I. The summed E-state index contributed by atoms with van der Waals surface area (Å²) in [5, 5.41) is 6.73. The lowest BCUT2D eigenvalue weighted by Gasteiger charge is -2.23. The standard InChI is InChI=1S/C16H22BrN3O3.HI/c1-18-16(19-8-11-2-4-21-5-3-11)20-9-12-6-13(17)15-14(7-12)22-10-23-15;/h6-7,11H,2-5,8-10H2,1H3,(H2,18,19,20);1H. The Labute approximate surface area is 167 Å². The Morgan fingerprint density at radius 1 is 1.25 bits per heavy atom. The minimum absolute atomic E-state index is 0. The number of nitrogens with zero attached hydrogens (tertiary/aromatic N) is 1. The summed E-state index contributed by atoms with van der Waals surface area (Å²) in [4.78, 5) is 4.28. The fourth-order valence-corrected chi connectivity index (χ4v) is 3.32. The molecule has 0 aromatic heterocycles. The van der Waals surface area contributed by atoms with Gasteiger partial charge in [0, 0.05) is 33.4 Å². The van der Waals surface area contributed by atoms with Crippen LogP contribution in [0.5, 0.6) is 11.5 Å². The molecule has 0 bridgehead atoms. The van der Waals surface area contributed by atoms with Gasteiger partial charge in [-0.2, -0.15) is 0 Å². The molecule has 0 unspecified atom stereocenters. The minimum atomic E-state index is 0. The van der Waals surface area contributed by atoms with Crippen LogP contribution in [-0.2, 0) is 11.3 Å². The van der Waals surface area contributed by atoms with Gasteiger partial charge < -0.3 is 24.8 Å². The van der Waals surface area contributed by atoms with Crippen molar-refractivity contribution in [3.8, 4) is 11.5 Å². The van der Waals surface area contributed by atoms with Crippen molar-refractivity contribution in [2.75, 3.05) is 33.6 Å². The third kappa shape index (κ3) is 5.13. The molecule has 1 fully saturated rings. The molecule has 2 aliphatic rings. The molecular formula is C16H23BrIN3O3. The number of fused-ring (bicyclic) bond motifs is 1. The second kappa shape index (κ2) is 9.67. The van der Waals surface area contributed by atoms with Crippen molar-refractivity contribution in [2.45, 2.75) is 19.4 Å². The smallest absolute Gasteiger partial charge is 0.231 e. The summed E-state index contributed by atoms with van der Waals surface area (Å²) in [5.74, 6) is 3.02. The van der Waals surface area contributed by atoms with Crippen LogP contribution in [0.2, 0.25) is 0 Å². The molecule has 6 nitrogen and oxygen atoms in total. The highest BCUT2D eigenvalue weighted by atomic mass is 127. The molecule has 3 rings (SSSR count). The first-order chi connectivity index (χ1) is 11.3. The maximum Gasteiger partial charge on any atom is 0.231 e. The van der Waals surface area contributed by atoms with Crippen molar-refractivity contribution in [3.05, 3.63) is 22.2 Å². The second-order valence-corrected chi connectivity index (χ2v) is 6.53. The van der Waals surface area contributed by atoms with Gasteiger partial charge >= 0.3 is 0 Å². The molecule has 134 valence electrons. The van der Waals surface area contributed by atoms with E-state index in [1.54, 1.807) is 7.05 Å². The van der Waals surface area contributed by atoms with E-state index in [-0.39, 0.29) is 30.8 Å². The van der Waals surface area contributed by atoms with Gasteiger partial charge in [-0.25, -0.2) is 0 Å². The molecule has 1 aromatic rings. The number of aliphatic imine (C=N–C) groups is 1. The summed E-state index contributed by atoms with van der Waals surface area (Å²) in [7, 11) is 1.79. The fourth-order valence-electron chi connectivity index (χ4n) is 2.72. The van der Waals surface area contributed by atoms with E-state index in [9.17, 15) is 0 Å². The average molecular weight is 512 g/mol. The molecule has 2 heterocycles. The van der Waals surface area contributed by atoms with E-state index in [1.165, 1.54) is 0 Å². The summed E-state index contributed by atoms with van der Waals surface area (Å²) in [5.41, 5.74) is 1.11. The Balaban J connectivity index is 0.00000208. The van der Waals surface area contributed by atoms with Crippen LogP contribution in [0, 0.1) is 5.92 Å². The maximum absolute atomic E-state index is 5.44. The molecular weight excluding hydrogens is 489 g/mol. The summed E-state index contributed by atoms with van der Waals surface area (Å²) in [6.07, 6.45) is 2.22. The van der Waals surface area contributed by atoms with Crippen molar-refractivity contribution in [1.82, 2.24) is 10.6 Å². The summed E-state index contributed by atoms with van der Waals surface area (Å²) in [6.45, 7) is 3.60. The molecule has 0 amide bonds. The van der Waals surface area contributed by atoms with Gasteiger partial charge in [-0.15, -0.1) is 24.0 Å². The van der Waals surface area contributed by atoms with Gasteiger partial charge in [-0.1, -0.05) is 0 Å². The Kier molecular flexibility index (Phi) is 7.89. The van der Waals surface area contributed by atoms with Crippen LogP contribution in [0.4, 0.5) is 0 Å². The largest absolute Gasteiger partial charge is 0.454 e. The third-order valence-corrected chi connectivity index (χ3v) is 4.66. The predicted molar refractivity (Wildman–Crippen MR) is 107 cm³/mol. The number of ether oxygens (including phenoxy) is 3. The van der Waals surface area contributed by atoms with Crippen LogP contribution < -0.4 is 20.1 Å². The lowest BCUT2D eigenvalue weighted by Crippen LogP contribution is -2.40. The van der Waals surface area contributed by atoms with Gasteiger partial charge in [0.2, 0.25) is 6.79 Å². The first-order valence-corrected chi connectivity index (χ1v) is 8.66. The molecule has 2 N–H and O–H groups in total. The van der Waals surface area contributed by atoms with Gasteiger partial charge in [0.05, 0.1) is 4.47 Å². The molecule has 0 radical (unpaired) electrons. The van der Waals surface area contributed by atoms with Crippen molar-refractivity contribution in [1.29, 1.82) is 0 Å². The van der Waals surface area contributed by atoms with Crippen LogP contribution in [-0.4, -0.2) is 39.6 Å². The molecule has 24 heavy (non-hydrogen) atoms. The summed E-state index contributed by atoms with van der Waals surface area (Å²) >= 11 is 3.51. The Bertz CT molecular complexity index is 580. The van der Waals surface area contributed by atoms with Crippen molar-refractivity contribution in [2.24, 2.45) is 10.9 Å². The van der Waals surface area contributed by atoms with Gasteiger partial charge in [0.1, 0.15) is 0 Å². The number of hydrogen-bond acceptors (Lipinski definition) is 4. The third-order valence-electron chi connectivity index (χ3n) is 4.07. The van der Waals surface area contributed by atoms with Crippen molar-refractivity contribution in [3.63, 3.8) is 0 Å². The highest BCUT2D eigenvalue weighted by molar-refractivity contribution is 14.0. The van der Waals surface area contributed by atoms with E-state index < -0.39 is 0 Å². The quantitative estimate of drug-likeness (QED) is 0.370. The normalized spacial score (nSPS) is 17.3. The maximum atomic E-state index is 5.44. The first-order valence-electron chi connectivity index (χ1n) is 7.86. The van der Waals surface area contributed by atoms with Gasteiger partial charge in [-0.3, -0.25) is 4.99 Å². The fraction of sp³-hybridized carbons (Fsp3) is 0.562. The Morgan fingerprint density at radius 3 is 2.79 bits per heavy atom. The number of halogens is 2. The Hall–Kier alpha value is -0.740. The van der Waals surface area contributed by atoms with Gasteiger partial charge in [0.15, 0.2) is 17.5 Å². The van der Waals surface area contributed by atoms with Crippen LogP contribution in [0.15, 0.2) is 21.6 Å². The van der Waals surface area contributed by atoms with Crippen LogP contribution in [0.3, 0.4) is 0 Å². The molecule has 0 saturated carbocycles. The Morgan fingerprint density at radius 2 is 2.04 bits per heavy atom. The van der Waals surface area contributed by atoms with E-state index in [0.717, 1.165) is 60.1 Å². The van der Waals surface area contributed by atoms with E-state index in [4.69, 9.17) is 14.2 Å². The molecule has 1 saturated heterocycles. The lowest BCUT2D eigenvalue weighted by atomic mass is 10.0. The van der Waals surface area contributed by atoms with E-state index >= 15 is 0 Å². The number of benzene rings is 1. The molecule has 8 heteroatoms. The van der Waals surface area contributed by atoms with E-state index in [2.05, 4.69) is 31.6 Å². The summed E-state index contributed by atoms with van der Waals surface area (Å²) in [6, 6.07) is 4.03. The number of nitrogens with one attached hydrogen (secondary N) is 2. The summed E-state index contributed by atoms with van der Waals surface area (Å²) < 4.78 is 17.1. The van der Waals surface area contributed by atoms with Gasteiger partial charge in [0.25, 0.3) is 0 Å². The van der Waals surface area contributed by atoms with Crippen LogP contribution in [0.1, 0.15) is 18.4 Å². The minimum Gasteiger partial charge on any atom is -0.454 e. The lowest BCUT2D eigenvalue weighted by molar-refractivity contribution is 0.0675. The highest BCUT2D eigenvalue weighted by Gasteiger charge is 2.18. The molecule has 1 aromatic carbocycles. The van der Waals surface area contributed by atoms with Crippen molar-refractivity contribution < 1.29 is 14.2 Å². The monoisotopic (exact) mass is 511 g/mol. The zero-order valence-electron chi connectivity index (χ0n) is 13.6. The van der Waals surface area contributed by atoms with Crippen LogP contribution in [0.25, 0.3) is 0 Å². The zero-order valence-corrected chi connectivity index (χ0v) is 17.6. The van der Waals surface area contributed by atoms with Gasteiger partial charge in [-0.05, 0) is 52.4 Å². The van der Waals surface area contributed by atoms with Crippen LogP contribution >= 0.6 is 39.9 Å². The molecule has 0 aliphatic carbocycles. The number of hydrogen-bond donors (Lipinski definition) is 2. The molecule has 0 atom stereocenters. The second-order valence-electron chi connectivity index (χ2n) is 5.67. The topological polar surface area (TPSA) is 64.1 Å². The van der Waals surface area contributed by atoms with Crippen molar-refractivity contribution >= 4 is 45.9 Å². The number of guanidine groups is 1. The first kappa shape index (κ1) is 19.6.